The van der Waals surface area contributed by atoms with Crippen LogP contribution in [0.5, 0.6) is 0 Å². The highest BCUT2D eigenvalue weighted by atomic mass is 19.1. The molecule has 3 aromatic heterocycles. The molecule has 6 heteroatoms. The molecule has 2 fully saturated rings. The van der Waals surface area contributed by atoms with E-state index in [4.69, 9.17) is 4.98 Å². The van der Waals surface area contributed by atoms with E-state index in [-0.39, 0.29) is 17.7 Å². The minimum atomic E-state index is -0.304. The third kappa shape index (κ3) is 3.71. The molecule has 3 aromatic rings. The molecule has 0 N–H and O–H groups in total. The van der Waals surface area contributed by atoms with Gasteiger partial charge in [-0.1, -0.05) is 25.3 Å². The smallest absolute Gasteiger partial charge is 0.225 e. The van der Waals surface area contributed by atoms with Crippen LogP contribution >= 0.6 is 0 Å². The average molecular weight is 407 g/mol. The van der Waals surface area contributed by atoms with Crippen LogP contribution in [0.3, 0.4) is 0 Å². The first-order valence-electron chi connectivity index (χ1n) is 11.1. The SMILES string of the molecule is O=C(C1CCCCC1)N1CCCC(c2cccc(-c3cnc4ccc(F)cn34)n2)C1. The van der Waals surface area contributed by atoms with Gasteiger partial charge in [-0.3, -0.25) is 14.2 Å². The number of piperidine rings is 1. The third-order valence-corrected chi connectivity index (χ3v) is 6.61. The molecule has 1 unspecified atom stereocenters. The fraction of sp³-hybridized carbons (Fsp3) is 0.458. The molecule has 0 radical (unpaired) electrons. The maximum absolute atomic E-state index is 13.7. The monoisotopic (exact) mass is 406 g/mol. The van der Waals surface area contributed by atoms with Crippen molar-refractivity contribution < 1.29 is 9.18 Å². The largest absolute Gasteiger partial charge is 0.342 e. The average Bonchev–Trinajstić information content (AvgIpc) is 3.22. The molecule has 4 heterocycles. The Morgan fingerprint density at radius 3 is 2.77 bits per heavy atom. The van der Waals surface area contributed by atoms with Crippen molar-refractivity contribution in [1.82, 2.24) is 19.3 Å². The summed E-state index contributed by atoms with van der Waals surface area (Å²) in [6.45, 7) is 1.60. The van der Waals surface area contributed by atoms with E-state index >= 15 is 0 Å². The minimum absolute atomic E-state index is 0.213. The maximum Gasteiger partial charge on any atom is 0.225 e. The first-order chi connectivity index (χ1) is 14.7. The number of carbonyl (C=O) groups excluding carboxylic acids is 1. The number of hydrogen-bond acceptors (Lipinski definition) is 3. The van der Waals surface area contributed by atoms with Gasteiger partial charge < -0.3 is 4.90 Å². The molecule has 156 valence electrons. The van der Waals surface area contributed by atoms with Crippen molar-refractivity contribution >= 4 is 11.6 Å². The fourth-order valence-electron chi connectivity index (χ4n) is 4.99. The second-order valence-corrected chi connectivity index (χ2v) is 8.62. The third-order valence-electron chi connectivity index (χ3n) is 6.61. The van der Waals surface area contributed by atoms with Crippen LogP contribution in [0.15, 0.2) is 42.7 Å². The van der Waals surface area contributed by atoms with E-state index in [2.05, 4.69) is 9.88 Å². The first-order valence-corrected chi connectivity index (χ1v) is 11.1. The van der Waals surface area contributed by atoms with E-state index in [9.17, 15) is 9.18 Å². The lowest BCUT2D eigenvalue weighted by molar-refractivity contribution is -0.137. The topological polar surface area (TPSA) is 50.5 Å². The van der Waals surface area contributed by atoms with Gasteiger partial charge in [0.05, 0.1) is 17.6 Å². The van der Waals surface area contributed by atoms with Gasteiger partial charge in [0, 0.05) is 36.8 Å². The number of imidazole rings is 1. The van der Waals surface area contributed by atoms with Crippen LogP contribution in [-0.4, -0.2) is 38.3 Å². The second kappa shape index (κ2) is 8.17. The molecule has 1 atom stereocenters. The summed E-state index contributed by atoms with van der Waals surface area (Å²) in [6.07, 6.45) is 10.9. The van der Waals surface area contributed by atoms with Crippen molar-refractivity contribution in [3.05, 3.63) is 54.2 Å². The molecule has 1 aliphatic heterocycles. The molecule has 1 aliphatic carbocycles. The zero-order chi connectivity index (χ0) is 20.5. The number of nitrogens with zero attached hydrogens (tertiary/aromatic N) is 4. The van der Waals surface area contributed by atoms with Crippen molar-refractivity contribution in [2.75, 3.05) is 13.1 Å². The number of halogens is 1. The number of likely N-dealkylation sites (tertiary alicyclic amines) is 1. The van der Waals surface area contributed by atoms with E-state index in [0.29, 0.717) is 11.6 Å². The molecule has 1 saturated carbocycles. The standard InChI is InChI=1S/C24H27FN4O/c25-19-11-12-23-26-14-22(29(23)16-19)21-10-4-9-20(27-21)18-8-5-13-28(15-18)24(30)17-6-2-1-3-7-17/h4,9-12,14,16-18H,1-3,5-8,13,15H2. The molecular formula is C24H27FN4O. The zero-order valence-corrected chi connectivity index (χ0v) is 17.1. The van der Waals surface area contributed by atoms with Gasteiger partial charge >= 0.3 is 0 Å². The van der Waals surface area contributed by atoms with Gasteiger partial charge in [-0.2, -0.15) is 0 Å². The van der Waals surface area contributed by atoms with E-state index in [1.54, 1.807) is 16.7 Å². The Morgan fingerprint density at radius 1 is 1.03 bits per heavy atom. The number of amides is 1. The number of rotatable bonds is 3. The van der Waals surface area contributed by atoms with Crippen molar-refractivity contribution in [1.29, 1.82) is 0 Å². The molecular weight excluding hydrogens is 379 g/mol. The molecule has 0 spiro atoms. The van der Waals surface area contributed by atoms with Gasteiger partial charge in [0.25, 0.3) is 0 Å². The molecule has 0 aromatic carbocycles. The van der Waals surface area contributed by atoms with Crippen LogP contribution in [0.1, 0.15) is 56.6 Å². The number of hydrogen-bond donors (Lipinski definition) is 0. The van der Waals surface area contributed by atoms with Crippen molar-refractivity contribution in [2.45, 2.75) is 50.9 Å². The summed E-state index contributed by atoms with van der Waals surface area (Å²) in [7, 11) is 0. The fourth-order valence-corrected chi connectivity index (χ4v) is 4.99. The number of aromatic nitrogens is 3. The number of fused-ring (bicyclic) bond motifs is 1. The summed E-state index contributed by atoms with van der Waals surface area (Å²) in [5.41, 5.74) is 3.25. The number of pyridine rings is 2. The molecule has 5 rings (SSSR count). The summed E-state index contributed by atoms with van der Waals surface area (Å²) < 4.78 is 15.5. The molecule has 1 saturated heterocycles. The quantitative estimate of drug-likeness (QED) is 0.626. The lowest BCUT2D eigenvalue weighted by Crippen LogP contribution is -2.43. The lowest BCUT2D eigenvalue weighted by atomic mass is 9.86. The van der Waals surface area contributed by atoms with Crippen molar-refractivity contribution in [3.63, 3.8) is 0 Å². The summed E-state index contributed by atoms with van der Waals surface area (Å²) >= 11 is 0. The van der Waals surface area contributed by atoms with Gasteiger partial charge in [-0.25, -0.2) is 9.37 Å². The van der Waals surface area contributed by atoms with Crippen molar-refractivity contribution in [3.8, 4) is 11.4 Å². The van der Waals surface area contributed by atoms with E-state index in [1.165, 1.54) is 31.5 Å². The van der Waals surface area contributed by atoms with Gasteiger partial charge in [0.2, 0.25) is 5.91 Å². The first kappa shape index (κ1) is 19.2. The Labute approximate surface area is 176 Å². The maximum atomic E-state index is 13.7. The summed E-state index contributed by atoms with van der Waals surface area (Å²) in [5.74, 6) is 0.488. The van der Waals surface area contributed by atoms with Crippen LogP contribution in [0.25, 0.3) is 17.0 Å². The predicted octanol–water partition coefficient (Wildman–Crippen LogP) is 4.82. The summed E-state index contributed by atoms with van der Waals surface area (Å²) in [5, 5.41) is 0. The van der Waals surface area contributed by atoms with Gasteiger partial charge in [-0.05, 0) is 49.9 Å². The Bertz CT molecular complexity index is 1060. The normalized spacial score (nSPS) is 20.6. The highest BCUT2D eigenvalue weighted by molar-refractivity contribution is 5.79. The molecule has 5 nitrogen and oxygen atoms in total. The van der Waals surface area contributed by atoms with E-state index in [0.717, 1.165) is 55.9 Å². The van der Waals surface area contributed by atoms with E-state index in [1.807, 2.05) is 18.2 Å². The molecule has 1 amide bonds. The Balaban J connectivity index is 1.38. The van der Waals surface area contributed by atoms with Crippen molar-refractivity contribution in [2.24, 2.45) is 5.92 Å². The van der Waals surface area contributed by atoms with Crippen LogP contribution < -0.4 is 0 Å². The minimum Gasteiger partial charge on any atom is -0.342 e. The van der Waals surface area contributed by atoms with Crippen LogP contribution in [0.2, 0.25) is 0 Å². The second-order valence-electron chi connectivity index (χ2n) is 8.62. The molecule has 2 aliphatic rings. The predicted molar refractivity (Wildman–Crippen MR) is 114 cm³/mol. The Morgan fingerprint density at radius 2 is 1.90 bits per heavy atom. The summed E-state index contributed by atoms with van der Waals surface area (Å²) in [4.78, 5) is 24.4. The van der Waals surface area contributed by atoms with Crippen LogP contribution in [0, 0.1) is 11.7 Å². The molecule has 30 heavy (non-hydrogen) atoms. The summed E-state index contributed by atoms with van der Waals surface area (Å²) in [6, 6.07) is 9.06. The Hall–Kier alpha value is -2.76. The molecule has 0 bridgehead atoms. The highest BCUT2D eigenvalue weighted by Crippen LogP contribution is 2.31. The van der Waals surface area contributed by atoms with E-state index < -0.39 is 0 Å². The lowest BCUT2D eigenvalue weighted by Gasteiger charge is -2.35. The van der Waals surface area contributed by atoms with Gasteiger partial charge in [0.15, 0.2) is 0 Å². The number of carbonyl (C=O) groups is 1. The van der Waals surface area contributed by atoms with Crippen LogP contribution in [-0.2, 0) is 4.79 Å². The Kier molecular flexibility index (Phi) is 5.23. The van der Waals surface area contributed by atoms with Gasteiger partial charge in [-0.15, -0.1) is 0 Å². The zero-order valence-electron chi connectivity index (χ0n) is 17.1. The highest BCUT2D eigenvalue weighted by Gasteiger charge is 2.30. The van der Waals surface area contributed by atoms with Crippen LogP contribution in [0.4, 0.5) is 4.39 Å². The van der Waals surface area contributed by atoms with Gasteiger partial charge in [0.1, 0.15) is 11.5 Å².